The first-order chi connectivity index (χ1) is 10.6. The third-order valence-electron chi connectivity index (χ3n) is 3.52. The quantitative estimate of drug-likeness (QED) is 0.357. The van der Waals surface area contributed by atoms with Crippen LogP contribution in [-0.2, 0) is 0 Å². The van der Waals surface area contributed by atoms with Crippen LogP contribution in [0.4, 0.5) is 0 Å². The summed E-state index contributed by atoms with van der Waals surface area (Å²) < 4.78 is 0. The molecule has 0 radical (unpaired) electrons. The van der Waals surface area contributed by atoms with Crippen LogP contribution in [0.15, 0.2) is 60.7 Å². The van der Waals surface area contributed by atoms with Gasteiger partial charge in [0.1, 0.15) is 0 Å². The Balaban J connectivity index is 0.00000144. The van der Waals surface area contributed by atoms with Crippen molar-refractivity contribution in [3.05, 3.63) is 77.4 Å². The third kappa shape index (κ3) is 3.91. The number of benzene rings is 3. The molecule has 0 aromatic heterocycles. The monoisotopic (exact) mass is 336 g/mol. The summed E-state index contributed by atoms with van der Waals surface area (Å²) in [4.78, 5) is 23.7. The SMILES string of the molecule is O=C([O-])c1ccccc1C(=O)c1ccc2ccccc2c1[O-].[Na+].[Na+]. The number of carboxylic acid groups (broad SMARTS) is 1. The van der Waals surface area contributed by atoms with Gasteiger partial charge < -0.3 is 15.0 Å². The van der Waals surface area contributed by atoms with Crippen LogP contribution in [-0.4, -0.2) is 11.8 Å². The fourth-order valence-corrected chi connectivity index (χ4v) is 2.43. The zero-order valence-corrected chi connectivity index (χ0v) is 17.4. The topological polar surface area (TPSA) is 80.3 Å². The first kappa shape index (κ1) is 20.9. The van der Waals surface area contributed by atoms with Crippen molar-refractivity contribution in [1.29, 1.82) is 0 Å². The van der Waals surface area contributed by atoms with E-state index in [1.165, 1.54) is 24.3 Å². The molecule has 0 amide bonds. The molecule has 0 aliphatic rings. The molecule has 6 heteroatoms. The molecule has 0 fully saturated rings. The number of aromatic carboxylic acids is 1. The molecule has 0 unspecified atom stereocenters. The van der Waals surface area contributed by atoms with Crippen LogP contribution in [0.5, 0.6) is 5.75 Å². The van der Waals surface area contributed by atoms with Gasteiger partial charge in [0, 0.05) is 16.7 Å². The average Bonchev–Trinajstić information content (AvgIpc) is 2.55. The maximum absolute atomic E-state index is 12.5. The second-order valence-electron chi connectivity index (χ2n) is 4.83. The van der Waals surface area contributed by atoms with Gasteiger partial charge in [0.25, 0.3) is 0 Å². The van der Waals surface area contributed by atoms with Gasteiger partial charge in [-0.2, -0.15) is 0 Å². The van der Waals surface area contributed by atoms with E-state index < -0.39 is 17.5 Å². The second kappa shape index (κ2) is 8.81. The molecule has 3 aromatic rings. The fourth-order valence-electron chi connectivity index (χ4n) is 2.43. The van der Waals surface area contributed by atoms with E-state index in [0.29, 0.717) is 5.39 Å². The predicted molar refractivity (Wildman–Crippen MR) is 77.6 cm³/mol. The van der Waals surface area contributed by atoms with E-state index in [1.54, 1.807) is 36.4 Å². The van der Waals surface area contributed by atoms with Crippen molar-refractivity contribution < 1.29 is 78.9 Å². The van der Waals surface area contributed by atoms with E-state index in [4.69, 9.17) is 0 Å². The van der Waals surface area contributed by atoms with Gasteiger partial charge >= 0.3 is 59.1 Å². The number of carbonyl (C=O) groups excluding carboxylic acids is 2. The van der Waals surface area contributed by atoms with Gasteiger partial charge in [0.05, 0.1) is 5.97 Å². The smallest absolute Gasteiger partial charge is 0.872 e. The Morgan fingerprint density at radius 2 is 1.29 bits per heavy atom. The number of rotatable bonds is 3. The molecule has 3 aromatic carbocycles. The Labute approximate surface area is 183 Å². The van der Waals surface area contributed by atoms with Gasteiger partial charge in [-0.15, -0.1) is 0 Å². The van der Waals surface area contributed by atoms with Crippen molar-refractivity contribution in [2.45, 2.75) is 0 Å². The van der Waals surface area contributed by atoms with Crippen LogP contribution >= 0.6 is 0 Å². The molecule has 0 saturated heterocycles. The van der Waals surface area contributed by atoms with Crippen molar-refractivity contribution >= 4 is 22.5 Å². The molecule has 0 heterocycles. The van der Waals surface area contributed by atoms with Crippen molar-refractivity contribution in [2.75, 3.05) is 0 Å². The maximum atomic E-state index is 12.5. The number of ketones is 1. The Bertz CT molecular complexity index is 906. The van der Waals surface area contributed by atoms with E-state index in [-0.39, 0.29) is 75.8 Å². The van der Waals surface area contributed by atoms with Crippen molar-refractivity contribution in [3.63, 3.8) is 0 Å². The predicted octanol–water partition coefficient (Wildman–Crippen LogP) is -4.48. The van der Waals surface area contributed by atoms with Gasteiger partial charge in [-0.3, -0.25) is 4.79 Å². The minimum atomic E-state index is -1.45. The fraction of sp³-hybridized carbons (Fsp3) is 0. The van der Waals surface area contributed by atoms with Crippen LogP contribution in [0, 0.1) is 0 Å². The summed E-state index contributed by atoms with van der Waals surface area (Å²) in [6.45, 7) is 0. The molecule has 0 bridgehead atoms. The summed E-state index contributed by atoms with van der Waals surface area (Å²) in [6, 6.07) is 15.7. The second-order valence-corrected chi connectivity index (χ2v) is 4.83. The third-order valence-corrected chi connectivity index (χ3v) is 3.52. The van der Waals surface area contributed by atoms with Crippen LogP contribution in [0.1, 0.15) is 26.3 Å². The van der Waals surface area contributed by atoms with Gasteiger partial charge in [0.15, 0.2) is 5.78 Å². The largest absolute Gasteiger partial charge is 1.00 e. The molecule has 108 valence electrons. The molecule has 0 saturated carbocycles. The summed E-state index contributed by atoms with van der Waals surface area (Å²) >= 11 is 0. The zero-order chi connectivity index (χ0) is 15.7. The normalized spacial score (nSPS) is 9.67. The molecule has 24 heavy (non-hydrogen) atoms. The van der Waals surface area contributed by atoms with Gasteiger partial charge in [0.2, 0.25) is 0 Å². The number of carboxylic acids is 1. The zero-order valence-electron chi connectivity index (χ0n) is 13.4. The molecule has 0 aliphatic heterocycles. The number of carbonyl (C=O) groups is 2. The molecule has 0 atom stereocenters. The molecule has 3 rings (SSSR count). The molecule has 0 N–H and O–H groups in total. The number of hydrogen-bond donors (Lipinski definition) is 0. The summed E-state index contributed by atoms with van der Waals surface area (Å²) in [6.07, 6.45) is 0. The molecule has 4 nitrogen and oxygen atoms in total. The van der Waals surface area contributed by atoms with Crippen LogP contribution in [0.3, 0.4) is 0 Å². The van der Waals surface area contributed by atoms with Crippen molar-refractivity contribution in [1.82, 2.24) is 0 Å². The van der Waals surface area contributed by atoms with Crippen LogP contribution in [0.25, 0.3) is 10.8 Å². The van der Waals surface area contributed by atoms with Crippen molar-refractivity contribution in [3.8, 4) is 5.75 Å². The van der Waals surface area contributed by atoms with E-state index in [9.17, 15) is 19.8 Å². The van der Waals surface area contributed by atoms with E-state index >= 15 is 0 Å². The van der Waals surface area contributed by atoms with E-state index in [2.05, 4.69) is 0 Å². The molecular formula is C18H10Na2O4. The van der Waals surface area contributed by atoms with Crippen LogP contribution in [0.2, 0.25) is 0 Å². The minimum Gasteiger partial charge on any atom is -0.872 e. The molecule has 0 aliphatic carbocycles. The van der Waals surface area contributed by atoms with Crippen LogP contribution < -0.4 is 69.3 Å². The van der Waals surface area contributed by atoms with Gasteiger partial charge in [-0.25, -0.2) is 0 Å². The van der Waals surface area contributed by atoms with E-state index in [0.717, 1.165) is 5.39 Å². The van der Waals surface area contributed by atoms with Gasteiger partial charge in [-0.1, -0.05) is 66.4 Å². The number of hydrogen-bond acceptors (Lipinski definition) is 4. The molecular weight excluding hydrogens is 326 g/mol. The summed E-state index contributed by atoms with van der Waals surface area (Å²) in [7, 11) is 0. The molecule has 0 spiro atoms. The Hall–Kier alpha value is -1.14. The van der Waals surface area contributed by atoms with Gasteiger partial charge in [-0.05, 0) is 10.8 Å². The average molecular weight is 336 g/mol. The van der Waals surface area contributed by atoms with E-state index in [1.807, 2.05) is 0 Å². The van der Waals surface area contributed by atoms with Crippen molar-refractivity contribution in [2.24, 2.45) is 0 Å². The number of fused-ring (bicyclic) bond motifs is 1. The summed E-state index contributed by atoms with van der Waals surface area (Å²) in [5, 5.41) is 24.7. The first-order valence-corrected chi connectivity index (χ1v) is 6.63. The maximum Gasteiger partial charge on any atom is 1.00 e. The Morgan fingerprint density at radius 3 is 1.96 bits per heavy atom. The minimum absolute atomic E-state index is 0. The Morgan fingerprint density at radius 1 is 0.708 bits per heavy atom. The Kier molecular flexibility index (Phi) is 7.67. The summed E-state index contributed by atoms with van der Waals surface area (Å²) in [5.74, 6) is -2.47. The summed E-state index contributed by atoms with van der Waals surface area (Å²) in [5.41, 5.74) is -0.317. The standard InChI is InChI=1S/C18H12O4.2Na/c19-16-12-6-2-1-5-11(12)9-10-15(16)17(20)13-7-3-4-8-14(13)18(21)22;;/h1-10,19H,(H,21,22);;/q;2*+1/p-2. The first-order valence-electron chi connectivity index (χ1n) is 6.63.